The Kier molecular flexibility index (Phi) is 5.08. The van der Waals surface area contributed by atoms with Gasteiger partial charge in [-0.1, -0.05) is 24.3 Å². The Labute approximate surface area is 168 Å². The summed E-state index contributed by atoms with van der Waals surface area (Å²) in [6.45, 7) is 5.26. The number of aromatic nitrogens is 2. The van der Waals surface area contributed by atoms with Crippen LogP contribution in [-0.4, -0.2) is 43.7 Å². The summed E-state index contributed by atoms with van der Waals surface area (Å²) in [4.78, 5) is 2.29. The van der Waals surface area contributed by atoms with Crippen LogP contribution in [-0.2, 0) is 16.4 Å². The van der Waals surface area contributed by atoms with Crippen LogP contribution >= 0.6 is 0 Å². The molecule has 1 aromatic heterocycles. The molecule has 0 atom stereocenters. The molecule has 1 aliphatic rings. The van der Waals surface area contributed by atoms with E-state index in [-0.39, 0.29) is 0 Å². The smallest absolute Gasteiger partial charge is 0.0841 e. The lowest BCUT2D eigenvalue weighted by molar-refractivity contribution is 0.0786. The average molecular weight is 396 g/mol. The zero-order valence-electron chi connectivity index (χ0n) is 16.2. The first-order chi connectivity index (χ1) is 13.4. The third kappa shape index (κ3) is 4.03. The second-order valence-corrected chi connectivity index (χ2v) is 9.36. The summed E-state index contributed by atoms with van der Waals surface area (Å²) in [5.41, 5.74) is 4.21. The van der Waals surface area contributed by atoms with Crippen molar-refractivity contribution in [1.82, 2.24) is 9.78 Å². The van der Waals surface area contributed by atoms with Crippen molar-refractivity contribution in [3.63, 3.8) is 0 Å². The van der Waals surface area contributed by atoms with Gasteiger partial charge in [0.1, 0.15) is 0 Å². The highest BCUT2D eigenvalue weighted by Gasteiger charge is 2.17. The fourth-order valence-corrected chi connectivity index (χ4v) is 4.46. The number of rotatable bonds is 4. The number of nitrogens with zero attached hydrogens (tertiary/aromatic N) is 3. The van der Waals surface area contributed by atoms with E-state index < -0.39 is 16.4 Å². The standard InChI is InChI=1S/C22H25N3O2S/c1-22(2,26)19-4-3-5-21(14-19)25-16-18(15-23-25)17-6-8-20(9-7-17)24-10-12-28(27)13-11-24/h3-9,14-16,26H,10-13H2,1-2H3. The molecule has 28 heavy (non-hydrogen) atoms. The largest absolute Gasteiger partial charge is 0.386 e. The summed E-state index contributed by atoms with van der Waals surface area (Å²) in [7, 11) is -0.660. The molecule has 0 unspecified atom stereocenters. The van der Waals surface area contributed by atoms with E-state index >= 15 is 0 Å². The maximum Gasteiger partial charge on any atom is 0.0841 e. The molecule has 0 bridgehead atoms. The van der Waals surface area contributed by atoms with Crippen LogP contribution in [0.1, 0.15) is 19.4 Å². The molecule has 1 aliphatic heterocycles. The van der Waals surface area contributed by atoms with Gasteiger partial charge >= 0.3 is 0 Å². The molecule has 0 saturated carbocycles. The summed E-state index contributed by atoms with van der Waals surface area (Å²) in [6.07, 6.45) is 3.86. The second kappa shape index (κ2) is 7.53. The first kappa shape index (κ1) is 18.9. The van der Waals surface area contributed by atoms with E-state index in [9.17, 15) is 9.32 Å². The van der Waals surface area contributed by atoms with Gasteiger partial charge in [-0.05, 0) is 49.2 Å². The van der Waals surface area contributed by atoms with Gasteiger partial charge in [0, 0.05) is 52.8 Å². The molecule has 4 rings (SSSR count). The summed E-state index contributed by atoms with van der Waals surface area (Å²) in [5.74, 6) is 1.50. The summed E-state index contributed by atoms with van der Waals surface area (Å²) < 4.78 is 13.4. The average Bonchev–Trinajstić information content (AvgIpc) is 3.18. The Bertz CT molecular complexity index is 980. The van der Waals surface area contributed by atoms with Gasteiger partial charge in [0.2, 0.25) is 0 Å². The zero-order chi connectivity index (χ0) is 19.7. The lowest BCUT2D eigenvalue weighted by Crippen LogP contribution is -2.37. The Morgan fingerprint density at radius 1 is 1.00 bits per heavy atom. The van der Waals surface area contributed by atoms with Gasteiger partial charge in [-0.2, -0.15) is 5.10 Å². The molecule has 0 radical (unpaired) electrons. The highest BCUT2D eigenvalue weighted by molar-refractivity contribution is 7.85. The molecular weight excluding hydrogens is 370 g/mol. The number of hydrogen-bond donors (Lipinski definition) is 1. The van der Waals surface area contributed by atoms with E-state index in [4.69, 9.17) is 0 Å². The van der Waals surface area contributed by atoms with Crippen molar-refractivity contribution in [1.29, 1.82) is 0 Å². The molecule has 6 heteroatoms. The van der Waals surface area contributed by atoms with Gasteiger partial charge in [0.05, 0.1) is 17.5 Å². The molecule has 1 saturated heterocycles. The quantitative estimate of drug-likeness (QED) is 0.736. The van der Waals surface area contributed by atoms with Crippen LogP contribution in [0.3, 0.4) is 0 Å². The number of anilines is 1. The van der Waals surface area contributed by atoms with E-state index in [0.717, 1.165) is 47.0 Å². The van der Waals surface area contributed by atoms with Crippen molar-refractivity contribution in [2.75, 3.05) is 29.5 Å². The predicted octanol–water partition coefficient (Wildman–Crippen LogP) is 3.34. The fraction of sp³-hybridized carbons (Fsp3) is 0.318. The molecule has 1 N–H and O–H groups in total. The molecule has 0 spiro atoms. The van der Waals surface area contributed by atoms with Crippen LogP contribution in [0.4, 0.5) is 5.69 Å². The lowest BCUT2D eigenvalue weighted by atomic mass is 9.98. The van der Waals surface area contributed by atoms with Gasteiger partial charge in [-0.15, -0.1) is 0 Å². The predicted molar refractivity (Wildman–Crippen MR) is 114 cm³/mol. The highest BCUT2D eigenvalue weighted by Crippen LogP contribution is 2.26. The van der Waals surface area contributed by atoms with Crippen LogP contribution in [0.15, 0.2) is 60.9 Å². The molecule has 0 amide bonds. The van der Waals surface area contributed by atoms with E-state index in [1.165, 1.54) is 5.69 Å². The normalized spacial score (nSPS) is 15.8. The SMILES string of the molecule is CC(C)(O)c1cccc(-n2cc(-c3ccc(N4CCS(=O)CC4)cc3)cn2)c1. The Hall–Kier alpha value is -2.44. The Morgan fingerprint density at radius 2 is 1.71 bits per heavy atom. The van der Waals surface area contributed by atoms with Gasteiger partial charge in [0.25, 0.3) is 0 Å². The highest BCUT2D eigenvalue weighted by atomic mass is 32.2. The van der Waals surface area contributed by atoms with Gasteiger partial charge in [0.15, 0.2) is 0 Å². The van der Waals surface area contributed by atoms with Crippen molar-refractivity contribution in [3.05, 3.63) is 66.5 Å². The summed E-state index contributed by atoms with van der Waals surface area (Å²) in [5, 5.41) is 14.7. The van der Waals surface area contributed by atoms with Crippen molar-refractivity contribution in [3.8, 4) is 16.8 Å². The van der Waals surface area contributed by atoms with Crippen LogP contribution in [0.25, 0.3) is 16.8 Å². The maximum atomic E-state index is 11.5. The first-order valence-electron chi connectivity index (χ1n) is 9.48. The molecule has 2 aromatic carbocycles. The number of hydrogen-bond acceptors (Lipinski definition) is 4. The minimum atomic E-state index is -0.886. The molecule has 146 valence electrons. The second-order valence-electron chi connectivity index (χ2n) is 7.66. The van der Waals surface area contributed by atoms with Crippen molar-refractivity contribution in [2.45, 2.75) is 19.4 Å². The molecule has 1 fully saturated rings. The van der Waals surface area contributed by atoms with Crippen molar-refractivity contribution < 1.29 is 9.32 Å². The zero-order valence-corrected chi connectivity index (χ0v) is 17.0. The Morgan fingerprint density at radius 3 is 2.39 bits per heavy atom. The van der Waals surface area contributed by atoms with Crippen molar-refractivity contribution in [2.24, 2.45) is 0 Å². The van der Waals surface area contributed by atoms with E-state index in [0.29, 0.717) is 0 Å². The first-order valence-corrected chi connectivity index (χ1v) is 11.0. The van der Waals surface area contributed by atoms with Crippen LogP contribution in [0.5, 0.6) is 0 Å². The van der Waals surface area contributed by atoms with E-state index in [2.05, 4.69) is 34.3 Å². The third-order valence-corrected chi connectivity index (χ3v) is 6.42. The van der Waals surface area contributed by atoms with Crippen LogP contribution in [0, 0.1) is 0 Å². The molecule has 2 heterocycles. The Balaban J connectivity index is 1.54. The summed E-state index contributed by atoms with van der Waals surface area (Å²) in [6, 6.07) is 16.2. The number of aliphatic hydroxyl groups is 1. The van der Waals surface area contributed by atoms with Gasteiger partial charge in [-0.3, -0.25) is 4.21 Å². The minimum Gasteiger partial charge on any atom is -0.386 e. The molecular formula is C22H25N3O2S. The number of benzene rings is 2. The molecule has 5 nitrogen and oxygen atoms in total. The van der Waals surface area contributed by atoms with E-state index in [1.807, 2.05) is 41.3 Å². The molecule has 3 aromatic rings. The van der Waals surface area contributed by atoms with Crippen LogP contribution < -0.4 is 4.90 Å². The van der Waals surface area contributed by atoms with Crippen molar-refractivity contribution >= 4 is 16.5 Å². The van der Waals surface area contributed by atoms with Gasteiger partial charge < -0.3 is 10.0 Å². The van der Waals surface area contributed by atoms with Crippen LogP contribution in [0.2, 0.25) is 0 Å². The topological polar surface area (TPSA) is 58.4 Å². The summed E-state index contributed by atoms with van der Waals surface area (Å²) >= 11 is 0. The fourth-order valence-electron chi connectivity index (χ4n) is 3.40. The van der Waals surface area contributed by atoms with Gasteiger partial charge in [-0.25, -0.2) is 4.68 Å². The maximum absolute atomic E-state index is 11.5. The monoisotopic (exact) mass is 395 g/mol. The minimum absolute atomic E-state index is 0.660. The lowest BCUT2D eigenvalue weighted by Gasteiger charge is -2.28. The van der Waals surface area contributed by atoms with E-state index in [1.54, 1.807) is 13.8 Å². The molecule has 0 aliphatic carbocycles. The third-order valence-electron chi connectivity index (χ3n) is 5.14.